The molecule has 0 amide bonds. The van der Waals surface area contributed by atoms with Crippen LogP contribution in [0.4, 0.5) is 0 Å². The van der Waals surface area contributed by atoms with Crippen molar-refractivity contribution in [2.75, 3.05) is 0 Å². The lowest BCUT2D eigenvalue weighted by atomic mass is 10.2. The van der Waals surface area contributed by atoms with E-state index in [1.54, 1.807) is 6.07 Å². The SMILES string of the molecule is O=[Si]1OCc2ccccc2O1. The normalized spacial score (nSPS) is 14.7. The molecule has 1 heterocycles. The number of hydrogen-bond acceptors (Lipinski definition) is 3. The molecule has 0 atom stereocenters. The Labute approximate surface area is 65.5 Å². The van der Waals surface area contributed by atoms with Crippen molar-refractivity contribution in [2.24, 2.45) is 0 Å². The van der Waals surface area contributed by atoms with Gasteiger partial charge in [0.25, 0.3) is 0 Å². The second kappa shape index (κ2) is 2.47. The van der Waals surface area contributed by atoms with Gasteiger partial charge in [-0.3, -0.25) is 4.46 Å². The van der Waals surface area contributed by atoms with E-state index in [0.29, 0.717) is 12.4 Å². The second-order valence-corrected chi connectivity index (χ2v) is 3.24. The minimum absolute atomic E-state index is 0.397. The molecule has 0 aliphatic carbocycles. The van der Waals surface area contributed by atoms with Crippen LogP contribution in [0.1, 0.15) is 5.56 Å². The van der Waals surface area contributed by atoms with Crippen molar-refractivity contribution in [2.45, 2.75) is 6.61 Å². The molecule has 1 aliphatic rings. The van der Waals surface area contributed by atoms with Crippen LogP contribution in [0.15, 0.2) is 24.3 Å². The first-order valence-electron chi connectivity index (χ1n) is 3.29. The van der Waals surface area contributed by atoms with Gasteiger partial charge in [0.05, 0.1) is 0 Å². The van der Waals surface area contributed by atoms with E-state index in [4.69, 9.17) is 8.85 Å². The Morgan fingerprint density at radius 3 is 3.09 bits per heavy atom. The summed E-state index contributed by atoms with van der Waals surface area (Å²) in [5, 5.41) is 0. The molecule has 0 radical (unpaired) electrons. The molecule has 0 aromatic heterocycles. The Morgan fingerprint density at radius 2 is 2.18 bits per heavy atom. The topological polar surface area (TPSA) is 35.5 Å². The van der Waals surface area contributed by atoms with E-state index in [0.717, 1.165) is 5.56 Å². The Bertz CT molecular complexity index is 297. The molecule has 4 heteroatoms. The maximum atomic E-state index is 10.8. The molecule has 1 aromatic rings. The molecule has 2 rings (SSSR count). The highest BCUT2D eigenvalue weighted by Gasteiger charge is 2.20. The zero-order valence-corrected chi connectivity index (χ0v) is 6.74. The summed E-state index contributed by atoms with van der Waals surface area (Å²) in [6.07, 6.45) is 0. The van der Waals surface area contributed by atoms with Crippen LogP contribution in [0.25, 0.3) is 0 Å². The van der Waals surface area contributed by atoms with E-state index in [9.17, 15) is 4.46 Å². The highest BCUT2D eigenvalue weighted by molar-refractivity contribution is 6.27. The summed E-state index contributed by atoms with van der Waals surface area (Å²) in [5.74, 6) is 0.683. The lowest BCUT2D eigenvalue weighted by Gasteiger charge is -2.14. The summed E-state index contributed by atoms with van der Waals surface area (Å²) in [7, 11) is -2.25. The summed E-state index contributed by atoms with van der Waals surface area (Å²) >= 11 is 0. The summed E-state index contributed by atoms with van der Waals surface area (Å²) < 4.78 is 20.6. The van der Waals surface area contributed by atoms with E-state index in [2.05, 4.69) is 0 Å². The van der Waals surface area contributed by atoms with Gasteiger partial charge in [0.2, 0.25) is 0 Å². The van der Waals surface area contributed by atoms with Gasteiger partial charge in [-0.15, -0.1) is 0 Å². The van der Waals surface area contributed by atoms with Crippen molar-refractivity contribution >= 4 is 9.17 Å². The zero-order valence-electron chi connectivity index (χ0n) is 5.74. The predicted octanol–water partition coefficient (Wildman–Crippen LogP) is 1.01. The van der Waals surface area contributed by atoms with Gasteiger partial charge >= 0.3 is 9.17 Å². The van der Waals surface area contributed by atoms with Gasteiger partial charge in [0.1, 0.15) is 12.4 Å². The Balaban J connectivity index is 2.41. The molecule has 0 unspecified atom stereocenters. The minimum atomic E-state index is -2.25. The molecular formula is C7H6O3Si. The van der Waals surface area contributed by atoms with Gasteiger partial charge in [-0.05, 0) is 6.07 Å². The monoisotopic (exact) mass is 166 g/mol. The van der Waals surface area contributed by atoms with Crippen LogP contribution in [0.3, 0.4) is 0 Å². The summed E-state index contributed by atoms with van der Waals surface area (Å²) in [4.78, 5) is 0. The van der Waals surface area contributed by atoms with E-state index in [1.165, 1.54) is 0 Å². The Morgan fingerprint density at radius 1 is 1.36 bits per heavy atom. The van der Waals surface area contributed by atoms with Crippen molar-refractivity contribution in [1.29, 1.82) is 0 Å². The maximum absolute atomic E-state index is 10.8. The van der Waals surface area contributed by atoms with Crippen LogP contribution < -0.4 is 4.43 Å². The Hall–Kier alpha value is -1.16. The molecule has 0 fully saturated rings. The third-order valence-corrected chi connectivity index (χ3v) is 2.28. The van der Waals surface area contributed by atoms with Crippen LogP contribution in [-0.4, -0.2) is 9.17 Å². The number of fused-ring (bicyclic) bond motifs is 1. The third kappa shape index (κ3) is 1.16. The van der Waals surface area contributed by atoms with Crippen LogP contribution in [0, 0.1) is 0 Å². The van der Waals surface area contributed by atoms with Gasteiger partial charge in [-0.25, -0.2) is 0 Å². The maximum Gasteiger partial charge on any atom is 0.773 e. The molecule has 1 aromatic carbocycles. The van der Waals surface area contributed by atoms with Crippen LogP contribution in [-0.2, 0) is 15.5 Å². The molecule has 0 spiro atoms. The van der Waals surface area contributed by atoms with E-state index < -0.39 is 9.17 Å². The Kier molecular flexibility index (Phi) is 1.47. The first-order valence-corrected chi connectivity index (χ1v) is 4.51. The minimum Gasteiger partial charge on any atom is -0.492 e. The molecule has 1 aliphatic heterocycles. The standard InChI is InChI=1S/C7H6O3Si/c8-11-9-5-6-3-1-2-4-7(6)10-11/h1-4H,5H2. The summed E-state index contributed by atoms with van der Waals surface area (Å²) in [5.41, 5.74) is 0.956. The fraction of sp³-hybridized carbons (Fsp3) is 0.143. The lowest BCUT2D eigenvalue weighted by Crippen LogP contribution is -2.21. The number of hydrogen-bond donors (Lipinski definition) is 0. The summed E-state index contributed by atoms with van der Waals surface area (Å²) in [6, 6.07) is 7.43. The fourth-order valence-corrected chi connectivity index (χ4v) is 1.69. The quantitative estimate of drug-likeness (QED) is 0.539. The predicted molar refractivity (Wildman–Crippen MR) is 38.3 cm³/mol. The molecule has 0 saturated heterocycles. The second-order valence-electron chi connectivity index (χ2n) is 2.25. The molecule has 56 valence electrons. The number of benzene rings is 1. The lowest BCUT2D eigenvalue weighted by molar-refractivity contribution is 0.198. The van der Waals surface area contributed by atoms with Crippen molar-refractivity contribution in [3.63, 3.8) is 0 Å². The molecule has 3 nitrogen and oxygen atoms in total. The molecular weight excluding hydrogens is 160 g/mol. The zero-order chi connectivity index (χ0) is 7.68. The summed E-state index contributed by atoms with van der Waals surface area (Å²) in [6.45, 7) is 0.397. The highest BCUT2D eigenvalue weighted by Crippen LogP contribution is 2.21. The first-order chi connectivity index (χ1) is 5.36. The number of rotatable bonds is 0. The molecule has 11 heavy (non-hydrogen) atoms. The van der Waals surface area contributed by atoms with Crippen LogP contribution in [0.5, 0.6) is 5.75 Å². The fourth-order valence-electron chi connectivity index (χ4n) is 0.979. The molecule has 0 bridgehead atoms. The first kappa shape index (κ1) is 6.54. The smallest absolute Gasteiger partial charge is 0.492 e. The average molecular weight is 166 g/mol. The van der Waals surface area contributed by atoms with Crippen molar-refractivity contribution < 1.29 is 13.3 Å². The highest BCUT2D eigenvalue weighted by atomic mass is 28.3. The van der Waals surface area contributed by atoms with Crippen molar-refractivity contribution in [3.05, 3.63) is 29.8 Å². The van der Waals surface area contributed by atoms with Gasteiger partial charge in [-0.2, -0.15) is 0 Å². The molecule has 0 N–H and O–H groups in total. The van der Waals surface area contributed by atoms with E-state index >= 15 is 0 Å². The van der Waals surface area contributed by atoms with Gasteiger partial charge in [0.15, 0.2) is 0 Å². The number of para-hydroxylation sites is 1. The van der Waals surface area contributed by atoms with E-state index in [-0.39, 0.29) is 0 Å². The largest absolute Gasteiger partial charge is 0.773 e. The van der Waals surface area contributed by atoms with Gasteiger partial charge < -0.3 is 8.85 Å². The van der Waals surface area contributed by atoms with Crippen LogP contribution >= 0.6 is 0 Å². The van der Waals surface area contributed by atoms with Gasteiger partial charge in [0, 0.05) is 5.56 Å². The average Bonchev–Trinajstić information content (AvgIpc) is 2.04. The third-order valence-electron chi connectivity index (χ3n) is 1.51. The van der Waals surface area contributed by atoms with Crippen molar-refractivity contribution in [3.8, 4) is 5.75 Å². The van der Waals surface area contributed by atoms with Crippen molar-refractivity contribution in [1.82, 2.24) is 0 Å². The van der Waals surface area contributed by atoms with E-state index in [1.807, 2.05) is 18.2 Å². The molecule has 0 saturated carbocycles. The van der Waals surface area contributed by atoms with Crippen LogP contribution in [0.2, 0.25) is 0 Å². The van der Waals surface area contributed by atoms with Gasteiger partial charge in [-0.1, -0.05) is 18.2 Å².